The number of hydrogen-bond donors (Lipinski definition) is 1. The van der Waals surface area contributed by atoms with Gasteiger partial charge < -0.3 is 10.1 Å². The summed E-state index contributed by atoms with van der Waals surface area (Å²) in [7, 11) is 0. The minimum absolute atomic E-state index is 0.134. The van der Waals surface area contributed by atoms with Crippen LogP contribution in [0.5, 0.6) is 5.75 Å². The molecule has 0 saturated heterocycles. The lowest BCUT2D eigenvalue weighted by Crippen LogP contribution is -2.32. The number of rotatable bonds is 7. The van der Waals surface area contributed by atoms with E-state index in [4.69, 9.17) is 4.74 Å². The van der Waals surface area contributed by atoms with Crippen LogP contribution in [0.1, 0.15) is 24.5 Å². The number of nitrogens with zero attached hydrogens (tertiary/aromatic N) is 1. The fourth-order valence-electron chi connectivity index (χ4n) is 3.49. The van der Waals surface area contributed by atoms with Crippen molar-refractivity contribution in [1.82, 2.24) is 0 Å². The fourth-order valence-corrected chi connectivity index (χ4v) is 3.49. The summed E-state index contributed by atoms with van der Waals surface area (Å²) in [4.78, 5) is 27.9. The number of halogens is 1. The van der Waals surface area contributed by atoms with Crippen molar-refractivity contribution in [2.75, 3.05) is 16.8 Å². The SMILES string of the molecule is CCCOc1cccc(NC2=C(c3ccc(F)cc3)C(=O)N(c3ccc(C)cc3)C2=O)c1. The van der Waals surface area contributed by atoms with Crippen molar-refractivity contribution in [2.24, 2.45) is 0 Å². The first-order valence-corrected chi connectivity index (χ1v) is 10.4. The number of aryl methyl sites for hydroxylation is 1. The first-order valence-electron chi connectivity index (χ1n) is 10.4. The third-order valence-corrected chi connectivity index (χ3v) is 5.09. The number of imide groups is 1. The molecule has 0 atom stereocenters. The number of nitrogens with one attached hydrogen (secondary N) is 1. The van der Waals surface area contributed by atoms with Crippen molar-refractivity contribution in [1.29, 1.82) is 0 Å². The highest BCUT2D eigenvalue weighted by molar-refractivity contribution is 6.46. The van der Waals surface area contributed by atoms with Crippen LogP contribution in [0.4, 0.5) is 15.8 Å². The maximum Gasteiger partial charge on any atom is 0.282 e. The van der Waals surface area contributed by atoms with Gasteiger partial charge in [-0.1, -0.05) is 42.8 Å². The number of carbonyl (C=O) groups is 2. The molecular formula is C26H23FN2O3. The molecule has 0 unspecified atom stereocenters. The Morgan fingerprint density at radius 1 is 0.938 bits per heavy atom. The Morgan fingerprint density at radius 2 is 1.66 bits per heavy atom. The molecule has 0 fully saturated rings. The normalized spacial score (nSPS) is 13.7. The maximum absolute atomic E-state index is 13.5. The molecule has 1 N–H and O–H groups in total. The van der Waals surface area contributed by atoms with Gasteiger partial charge in [-0.05, 0) is 55.3 Å². The van der Waals surface area contributed by atoms with E-state index in [-0.39, 0.29) is 11.3 Å². The Kier molecular flexibility index (Phi) is 6.03. The van der Waals surface area contributed by atoms with Gasteiger partial charge in [0.1, 0.15) is 17.3 Å². The minimum atomic E-state index is -0.474. The highest BCUT2D eigenvalue weighted by Crippen LogP contribution is 2.34. The van der Waals surface area contributed by atoms with Crippen LogP contribution in [0.3, 0.4) is 0 Å². The zero-order valence-corrected chi connectivity index (χ0v) is 17.9. The highest BCUT2D eigenvalue weighted by atomic mass is 19.1. The average Bonchev–Trinajstić information content (AvgIpc) is 3.03. The lowest BCUT2D eigenvalue weighted by Gasteiger charge is -2.16. The average molecular weight is 430 g/mol. The van der Waals surface area contributed by atoms with Crippen LogP contribution in [0.25, 0.3) is 5.57 Å². The van der Waals surface area contributed by atoms with Gasteiger partial charge in [0.05, 0.1) is 17.9 Å². The van der Waals surface area contributed by atoms with E-state index in [0.29, 0.717) is 29.3 Å². The van der Waals surface area contributed by atoms with Gasteiger partial charge in [0.25, 0.3) is 11.8 Å². The molecule has 2 amide bonds. The van der Waals surface area contributed by atoms with Gasteiger partial charge in [-0.15, -0.1) is 0 Å². The number of benzene rings is 3. The van der Waals surface area contributed by atoms with E-state index in [1.165, 1.54) is 24.3 Å². The van der Waals surface area contributed by atoms with Crippen molar-refractivity contribution in [3.8, 4) is 5.75 Å². The Balaban J connectivity index is 1.75. The van der Waals surface area contributed by atoms with Crippen molar-refractivity contribution in [3.63, 3.8) is 0 Å². The molecule has 3 aromatic rings. The Morgan fingerprint density at radius 3 is 2.34 bits per heavy atom. The summed E-state index contributed by atoms with van der Waals surface area (Å²) in [5.74, 6) is -0.700. The van der Waals surface area contributed by atoms with Gasteiger partial charge in [-0.2, -0.15) is 0 Å². The second-order valence-electron chi connectivity index (χ2n) is 7.54. The standard InChI is InChI=1S/C26H23FN2O3/c1-3-15-32-22-6-4-5-20(16-22)28-24-23(18-9-11-19(27)12-10-18)25(30)29(26(24)31)21-13-7-17(2)8-14-21/h4-14,16,28H,3,15H2,1-2H3. The number of amides is 2. The van der Waals surface area contributed by atoms with Gasteiger partial charge in [-0.25, -0.2) is 9.29 Å². The molecule has 0 bridgehead atoms. The summed E-state index contributed by atoms with van der Waals surface area (Å²) >= 11 is 0. The molecule has 3 aromatic carbocycles. The largest absolute Gasteiger partial charge is 0.494 e. The quantitative estimate of drug-likeness (QED) is 0.516. The number of hydrogen-bond acceptors (Lipinski definition) is 4. The van der Waals surface area contributed by atoms with Crippen LogP contribution in [0, 0.1) is 12.7 Å². The molecule has 162 valence electrons. The number of carbonyl (C=O) groups excluding carboxylic acids is 2. The Hall–Kier alpha value is -3.93. The van der Waals surface area contributed by atoms with Gasteiger partial charge in [0.2, 0.25) is 0 Å². The fraction of sp³-hybridized carbons (Fsp3) is 0.154. The number of anilines is 2. The third-order valence-electron chi connectivity index (χ3n) is 5.09. The molecule has 0 spiro atoms. The van der Waals surface area contributed by atoms with Gasteiger partial charge in [0, 0.05) is 11.8 Å². The van der Waals surface area contributed by atoms with E-state index in [1.54, 1.807) is 24.3 Å². The van der Waals surface area contributed by atoms with Crippen molar-refractivity contribution < 1.29 is 18.7 Å². The first-order chi connectivity index (χ1) is 15.5. The van der Waals surface area contributed by atoms with E-state index < -0.39 is 17.6 Å². The smallest absolute Gasteiger partial charge is 0.282 e. The summed E-state index contributed by atoms with van der Waals surface area (Å²) < 4.78 is 19.2. The first kappa shape index (κ1) is 21.3. The van der Waals surface area contributed by atoms with Gasteiger partial charge in [0.15, 0.2) is 0 Å². The van der Waals surface area contributed by atoms with Crippen LogP contribution in [0.15, 0.2) is 78.5 Å². The van der Waals surface area contributed by atoms with E-state index >= 15 is 0 Å². The molecule has 6 heteroatoms. The summed E-state index contributed by atoms with van der Waals surface area (Å²) in [6.45, 7) is 4.52. The molecule has 4 rings (SSSR count). The monoisotopic (exact) mass is 430 g/mol. The zero-order valence-electron chi connectivity index (χ0n) is 17.9. The van der Waals surface area contributed by atoms with Crippen LogP contribution < -0.4 is 15.0 Å². The van der Waals surface area contributed by atoms with E-state index in [1.807, 2.05) is 38.1 Å². The maximum atomic E-state index is 13.5. The predicted molar refractivity (Wildman–Crippen MR) is 123 cm³/mol. The molecule has 1 aliphatic rings. The lowest BCUT2D eigenvalue weighted by atomic mass is 10.0. The predicted octanol–water partition coefficient (Wildman–Crippen LogP) is 5.32. The second kappa shape index (κ2) is 9.06. The number of ether oxygens (including phenoxy) is 1. The van der Waals surface area contributed by atoms with Crippen molar-refractivity contribution in [2.45, 2.75) is 20.3 Å². The van der Waals surface area contributed by atoms with Crippen LogP contribution in [-0.2, 0) is 9.59 Å². The molecule has 5 nitrogen and oxygen atoms in total. The van der Waals surface area contributed by atoms with Crippen LogP contribution in [0.2, 0.25) is 0 Å². The molecule has 1 heterocycles. The van der Waals surface area contributed by atoms with Crippen LogP contribution >= 0.6 is 0 Å². The summed E-state index contributed by atoms with van der Waals surface area (Å²) in [6, 6.07) is 19.9. The van der Waals surface area contributed by atoms with Gasteiger partial charge in [-0.3, -0.25) is 9.59 Å². The van der Waals surface area contributed by atoms with Gasteiger partial charge >= 0.3 is 0 Å². The topological polar surface area (TPSA) is 58.6 Å². The molecule has 1 aliphatic heterocycles. The second-order valence-corrected chi connectivity index (χ2v) is 7.54. The third kappa shape index (κ3) is 4.25. The molecule has 0 radical (unpaired) electrons. The molecule has 32 heavy (non-hydrogen) atoms. The van der Waals surface area contributed by atoms with E-state index in [0.717, 1.165) is 16.9 Å². The lowest BCUT2D eigenvalue weighted by molar-refractivity contribution is -0.120. The van der Waals surface area contributed by atoms with Crippen LogP contribution in [-0.4, -0.2) is 18.4 Å². The van der Waals surface area contributed by atoms with Crippen molar-refractivity contribution >= 4 is 28.8 Å². The summed E-state index contributed by atoms with van der Waals surface area (Å²) in [5.41, 5.74) is 2.88. The molecule has 0 aliphatic carbocycles. The Labute approximate surface area is 186 Å². The summed E-state index contributed by atoms with van der Waals surface area (Å²) in [6.07, 6.45) is 0.871. The molecule has 0 saturated carbocycles. The minimum Gasteiger partial charge on any atom is -0.494 e. The Bertz CT molecular complexity index is 1180. The van der Waals surface area contributed by atoms with Crippen molar-refractivity contribution in [3.05, 3.63) is 95.4 Å². The summed E-state index contributed by atoms with van der Waals surface area (Å²) in [5, 5.41) is 3.11. The highest BCUT2D eigenvalue weighted by Gasteiger charge is 2.40. The molecule has 0 aromatic heterocycles. The zero-order chi connectivity index (χ0) is 22.7. The molecular weight excluding hydrogens is 407 g/mol. The van der Waals surface area contributed by atoms with E-state index in [9.17, 15) is 14.0 Å². The van der Waals surface area contributed by atoms with E-state index in [2.05, 4.69) is 5.32 Å².